The van der Waals surface area contributed by atoms with Gasteiger partial charge in [0.25, 0.3) is 0 Å². The predicted octanol–water partition coefficient (Wildman–Crippen LogP) is 4.16. The summed E-state index contributed by atoms with van der Waals surface area (Å²) in [5.41, 5.74) is 2.53. The summed E-state index contributed by atoms with van der Waals surface area (Å²) in [6.07, 6.45) is 2.28. The minimum absolute atomic E-state index is 0. The topological polar surface area (TPSA) is 39.7 Å². The number of fused-ring (bicyclic) bond motifs is 1. The zero-order valence-corrected chi connectivity index (χ0v) is 18.7. The highest BCUT2D eigenvalue weighted by molar-refractivity contribution is 14.0. The fraction of sp³-hybridized carbons (Fsp3) is 0.409. The number of benzene rings is 2. The zero-order valence-electron chi connectivity index (χ0n) is 16.4. The molecule has 0 bridgehead atoms. The highest BCUT2D eigenvalue weighted by atomic mass is 127. The number of hydrogen-bond acceptors (Lipinski definition) is 2. The SMILES string of the molecule is C=C(C)CN1CCC(NC(=NC)NCc2cccc3ccccc23)CC1.I. The van der Waals surface area contributed by atoms with Crippen molar-refractivity contribution in [3.05, 3.63) is 60.2 Å². The summed E-state index contributed by atoms with van der Waals surface area (Å²) in [6, 6.07) is 15.5. The highest BCUT2D eigenvalue weighted by Crippen LogP contribution is 2.18. The van der Waals surface area contributed by atoms with E-state index in [1.807, 2.05) is 7.05 Å². The average molecular weight is 478 g/mol. The van der Waals surface area contributed by atoms with Crippen molar-refractivity contribution in [1.82, 2.24) is 15.5 Å². The Morgan fingerprint density at radius 2 is 1.85 bits per heavy atom. The van der Waals surface area contributed by atoms with Crippen LogP contribution in [0.2, 0.25) is 0 Å². The third-order valence-electron chi connectivity index (χ3n) is 4.97. The molecular weight excluding hydrogens is 447 g/mol. The summed E-state index contributed by atoms with van der Waals surface area (Å²) in [6.45, 7) is 10.1. The van der Waals surface area contributed by atoms with Crippen LogP contribution in [0, 0.1) is 0 Å². The van der Waals surface area contributed by atoms with E-state index in [2.05, 4.69) is 76.5 Å². The summed E-state index contributed by atoms with van der Waals surface area (Å²) < 4.78 is 0. The van der Waals surface area contributed by atoms with E-state index in [1.54, 1.807) is 0 Å². The Hall–Kier alpha value is -1.60. The molecule has 0 spiro atoms. The summed E-state index contributed by atoms with van der Waals surface area (Å²) in [4.78, 5) is 6.89. The van der Waals surface area contributed by atoms with Gasteiger partial charge in [-0.15, -0.1) is 24.0 Å². The average Bonchev–Trinajstić information content (AvgIpc) is 2.66. The fourth-order valence-electron chi connectivity index (χ4n) is 3.63. The summed E-state index contributed by atoms with van der Waals surface area (Å²) in [5, 5.41) is 9.64. The smallest absolute Gasteiger partial charge is 0.191 e. The molecule has 0 amide bonds. The van der Waals surface area contributed by atoms with Crippen LogP contribution >= 0.6 is 24.0 Å². The predicted molar refractivity (Wildman–Crippen MR) is 127 cm³/mol. The fourth-order valence-corrected chi connectivity index (χ4v) is 3.63. The van der Waals surface area contributed by atoms with E-state index in [1.165, 1.54) is 21.9 Å². The molecule has 0 radical (unpaired) electrons. The van der Waals surface area contributed by atoms with E-state index in [0.29, 0.717) is 6.04 Å². The zero-order chi connectivity index (χ0) is 18.4. The number of halogens is 1. The van der Waals surface area contributed by atoms with Gasteiger partial charge in [-0.05, 0) is 36.1 Å². The van der Waals surface area contributed by atoms with Crippen LogP contribution in [0.1, 0.15) is 25.3 Å². The van der Waals surface area contributed by atoms with Crippen molar-refractivity contribution in [2.24, 2.45) is 4.99 Å². The molecule has 0 atom stereocenters. The van der Waals surface area contributed by atoms with Crippen LogP contribution in [0.4, 0.5) is 0 Å². The minimum atomic E-state index is 0. The maximum atomic E-state index is 4.41. The Kier molecular flexibility index (Phi) is 8.57. The molecule has 1 aliphatic heterocycles. The van der Waals surface area contributed by atoms with E-state index in [0.717, 1.165) is 45.0 Å². The van der Waals surface area contributed by atoms with E-state index in [-0.39, 0.29) is 24.0 Å². The van der Waals surface area contributed by atoms with Gasteiger partial charge in [-0.25, -0.2) is 0 Å². The van der Waals surface area contributed by atoms with E-state index < -0.39 is 0 Å². The Balaban J connectivity index is 0.00000261. The summed E-state index contributed by atoms with van der Waals surface area (Å²) in [5.74, 6) is 0.885. The van der Waals surface area contributed by atoms with Crippen molar-refractivity contribution in [2.45, 2.75) is 32.4 Å². The summed E-state index contributed by atoms with van der Waals surface area (Å²) in [7, 11) is 1.84. The van der Waals surface area contributed by atoms with Crippen LogP contribution in [0.5, 0.6) is 0 Å². The lowest BCUT2D eigenvalue weighted by molar-refractivity contribution is 0.221. The van der Waals surface area contributed by atoms with Gasteiger partial charge < -0.3 is 10.6 Å². The number of nitrogens with one attached hydrogen (secondary N) is 2. The second-order valence-electron chi connectivity index (χ2n) is 7.22. The molecule has 27 heavy (non-hydrogen) atoms. The quantitative estimate of drug-likeness (QED) is 0.294. The van der Waals surface area contributed by atoms with Gasteiger partial charge in [0.2, 0.25) is 0 Å². The molecule has 2 aromatic carbocycles. The van der Waals surface area contributed by atoms with Crippen molar-refractivity contribution in [1.29, 1.82) is 0 Å². The van der Waals surface area contributed by atoms with Gasteiger partial charge in [0.1, 0.15) is 0 Å². The normalized spacial score (nSPS) is 16.0. The molecule has 4 nitrogen and oxygen atoms in total. The molecule has 3 rings (SSSR count). The van der Waals surface area contributed by atoms with Crippen LogP contribution < -0.4 is 10.6 Å². The van der Waals surface area contributed by atoms with E-state index in [9.17, 15) is 0 Å². The Labute approximate surface area is 180 Å². The molecule has 0 aliphatic carbocycles. The lowest BCUT2D eigenvalue weighted by atomic mass is 10.0. The first kappa shape index (κ1) is 21.7. The van der Waals surface area contributed by atoms with Gasteiger partial charge in [0.15, 0.2) is 5.96 Å². The molecule has 5 heteroatoms. The van der Waals surface area contributed by atoms with E-state index >= 15 is 0 Å². The molecule has 0 unspecified atom stereocenters. The molecule has 2 N–H and O–H groups in total. The van der Waals surface area contributed by atoms with Crippen molar-refractivity contribution >= 4 is 40.7 Å². The first-order chi connectivity index (χ1) is 12.7. The Bertz CT molecular complexity index is 773. The summed E-state index contributed by atoms with van der Waals surface area (Å²) >= 11 is 0. The van der Waals surface area contributed by atoms with Crippen LogP contribution in [-0.4, -0.2) is 43.6 Å². The molecule has 1 heterocycles. The maximum Gasteiger partial charge on any atom is 0.191 e. The monoisotopic (exact) mass is 478 g/mol. The molecule has 1 fully saturated rings. The van der Waals surface area contributed by atoms with Crippen LogP contribution in [0.25, 0.3) is 10.8 Å². The van der Waals surface area contributed by atoms with Crippen LogP contribution in [0.15, 0.2) is 59.6 Å². The first-order valence-corrected chi connectivity index (χ1v) is 9.46. The minimum Gasteiger partial charge on any atom is -0.354 e. The van der Waals surface area contributed by atoms with Crippen LogP contribution in [-0.2, 0) is 6.54 Å². The van der Waals surface area contributed by atoms with Gasteiger partial charge in [-0.1, -0.05) is 54.6 Å². The van der Waals surface area contributed by atoms with Gasteiger partial charge in [0, 0.05) is 39.3 Å². The third-order valence-corrected chi connectivity index (χ3v) is 4.97. The van der Waals surface area contributed by atoms with Crippen molar-refractivity contribution in [2.75, 3.05) is 26.7 Å². The lowest BCUT2D eigenvalue weighted by Crippen LogP contribution is -2.48. The van der Waals surface area contributed by atoms with Gasteiger partial charge in [-0.3, -0.25) is 9.89 Å². The molecule has 1 aliphatic rings. The molecule has 0 aromatic heterocycles. The van der Waals surface area contributed by atoms with Gasteiger partial charge in [-0.2, -0.15) is 0 Å². The van der Waals surface area contributed by atoms with Crippen molar-refractivity contribution < 1.29 is 0 Å². The Morgan fingerprint density at radius 1 is 1.15 bits per heavy atom. The maximum absolute atomic E-state index is 4.41. The largest absolute Gasteiger partial charge is 0.354 e. The second kappa shape index (κ2) is 10.7. The third kappa shape index (κ3) is 6.21. The number of piperidine rings is 1. The number of aliphatic imine (C=N–C) groups is 1. The number of likely N-dealkylation sites (tertiary alicyclic amines) is 1. The molecule has 0 saturated carbocycles. The molecule has 146 valence electrons. The van der Waals surface area contributed by atoms with Gasteiger partial charge in [0.05, 0.1) is 0 Å². The lowest BCUT2D eigenvalue weighted by Gasteiger charge is -2.33. The van der Waals surface area contributed by atoms with Crippen molar-refractivity contribution in [3.8, 4) is 0 Å². The Morgan fingerprint density at radius 3 is 2.56 bits per heavy atom. The molecule has 2 aromatic rings. The number of rotatable bonds is 5. The van der Waals surface area contributed by atoms with Crippen molar-refractivity contribution in [3.63, 3.8) is 0 Å². The second-order valence-corrected chi connectivity index (χ2v) is 7.22. The standard InChI is InChI=1S/C22H30N4.HI/c1-17(2)16-26-13-11-20(12-14-26)25-22(23-3)24-15-19-9-6-8-18-7-4-5-10-21(18)19;/h4-10,20H,1,11-16H2,2-3H3,(H2,23,24,25);1H. The molecule has 1 saturated heterocycles. The first-order valence-electron chi connectivity index (χ1n) is 9.46. The van der Waals surface area contributed by atoms with Crippen LogP contribution in [0.3, 0.4) is 0 Å². The number of nitrogens with zero attached hydrogens (tertiary/aromatic N) is 2. The van der Waals surface area contributed by atoms with E-state index in [4.69, 9.17) is 0 Å². The van der Waals surface area contributed by atoms with Gasteiger partial charge >= 0.3 is 0 Å². The molecular formula is C22H31IN4. The number of guanidine groups is 1. The number of hydrogen-bond donors (Lipinski definition) is 2. The highest BCUT2D eigenvalue weighted by Gasteiger charge is 2.19.